The van der Waals surface area contributed by atoms with Gasteiger partial charge in [0.05, 0.1) is 15.7 Å². The van der Waals surface area contributed by atoms with Crippen molar-refractivity contribution in [2.24, 2.45) is 0 Å². The standard InChI is InChI=1S/C15H10N2O5/c1-8(18)16-11-7-6-10-14(19)9-4-2-3-5-12(9)22-15(10)13(11)17(20)21/h2-7H,1H3,(H,16,18). The van der Waals surface area contributed by atoms with E-state index < -0.39 is 16.5 Å². The molecule has 7 nitrogen and oxygen atoms in total. The Kier molecular flexibility index (Phi) is 3.10. The zero-order valence-electron chi connectivity index (χ0n) is 11.5. The topological polar surface area (TPSA) is 102 Å². The first-order valence-corrected chi connectivity index (χ1v) is 6.39. The van der Waals surface area contributed by atoms with E-state index in [0.29, 0.717) is 5.39 Å². The molecule has 0 aliphatic carbocycles. The summed E-state index contributed by atoms with van der Waals surface area (Å²) in [6.07, 6.45) is 0. The van der Waals surface area contributed by atoms with Crippen LogP contribution in [-0.4, -0.2) is 10.8 Å². The van der Waals surface area contributed by atoms with E-state index in [1.165, 1.54) is 19.1 Å². The lowest BCUT2D eigenvalue weighted by molar-refractivity contribution is -0.382. The molecule has 3 aromatic rings. The Balaban J connectivity index is 2.48. The second-order valence-corrected chi connectivity index (χ2v) is 4.70. The Morgan fingerprint density at radius 3 is 2.59 bits per heavy atom. The van der Waals surface area contributed by atoms with Gasteiger partial charge in [-0.3, -0.25) is 19.7 Å². The third-order valence-corrected chi connectivity index (χ3v) is 3.21. The molecule has 0 fully saturated rings. The smallest absolute Gasteiger partial charge is 0.335 e. The summed E-state index contributed by atoms with van der Waals surface area (Å²) in [5.41, 5.74) is -0.698. The van der Waals surface area contributed by atoms with Crippen LogP contribution in [0.3, 0.4) is 0 Å². The largest absolute Gasteiger partial charge is 0.448 e. The fourth-order valence-electron chi connectivity index (χ4n) is 2.32. The quantitative estimate of drug-likeness (QED) is 0.445. The highest BCUT2D eigenvalue weighted by Gasteiger charge is 2.23. The summed E-state index contributed by atoms with van der Waals surface area (Å²) in [7, 11) is 0. The summed E-state index contributed by atoms with van der Waals surface area (Å²) < 4.78 is 5.55. The number of nitro benzene ring substituents is 1. The number of nitrogens with zero attached hydrogens (tertiary/aromatic N) is 1. The normalized spacial score (nSPS) is 10.8. The van der Waals surface area contributed by atoms with Gasteiger partial charge < -0.3 is 9.73 Å². The Bertz CT molecular complexity index is 990. The van der Waals surface area contributed by atoms with Crippen LogP contribution in [0.5, 0.6) is 0 Å². The Morgan fingerprint density at radius 1 is 1.18 bits per heavy atom. The number of amides is 1. The van der Waals surface area contributed by atoms with Crippen molar-refractivity contribution < 1.29 is 14.1 Å². The lowest BCUT2D eigenvalue weighted by Crippen LogP contribution is -2.10. The molecule has 0 spiro atoms. The van der Waals surface area contributed by atoms with E-state index in [9.17, 15) is 19.7 Å². The maximum atomic E-state index is 12.4. The van der Waals surface area contributed by atoms with Gasteiger partial charge in [0.2, 0.25) is 16.9 Å². The molecule has 1 heterocycles. The molecule has 0 aliphatic heterocycles. The van der Waals surface area contributed by atoms with Crippen molar-refractivity contribution in [2.45, 2.75) is 6.92 Å². The van der Waals surface area contributed by atoms with Crippen LogP contribution in [0.1, 0.15) is 6.92 Å². The predicted molar refractivity (Wildman–Crippen MR) is 80.9 cm³/mol. The summed E-state index contributed by atoms with van der Waals surface area (Å²) in [6.45, 7) is 1.24. The average molecular weight is 298 g/mol. The molecule has 1 amide bonds. The van der Waals surface area contributed by atoms with Crippen molar-refractivity contribution in [2.75, 3.05) is 5.32 Å². The zero-order chi connectivity index (χ0) is 15.9. The number of carbonyl (C=O) groups is 1. The minimum atomic E-state index is -0.675. The number of anilines is 1. The van der Waals surface area contributed by atoms with Gasteiger partial charge in [-0.15, -0.1) is 0 Å². The predicted octanol–water partition coefficient (Wildman–Crippen LogP) is 2.81. The Morgan fingerprint density at radius 2 is 1.91 bits per heavy atom. The lowest BCUT2D eigenvalue weighted by atomic mass is 10.1. The molecule has 0 bridgehead atoms. The fraction of sp³-hybridized carbons (Fsp3) is 0.0667. The molecule has 0 aliphatic rings. The number of carbonyl (C=O) groups excluding carboxylic acids is 1. The highest BCUT2D eigenvalue weighted by molar-refractivity contribution is 6.01. The molecule has 22 heavy (non-hydrogen) atoms. The minimum absolute atomic E-state index is 0.0107. The molecular weight excluding hydrogens is 288 g/mol. The first kappa shape index (κ1) is 13.7. The first-order chi connectivity index (χ1) is 10.5. The van der Waals surface area contributed by atoms with Gasteiger partial charge in [-0.05, 0) is 24.3 Å². The molecular formula is C15H10N2O5. The van der Waals surface area contributed by atoms with Gasteiger partial charge in [0.1, 0.15) is 11.3 Å². The second kappa shape index (κ2) is 4.96. The lowest BCUT2D eigenvalue weighted by Gasteiger charge is -2.06. The van der Waals surface area contributed by atoms with Crippen molar-refractivity contribution in [3.05, 3.63) is 56.7 Å². The molecule has 3 rings (SSSR count). The number of para-hydroxylation sites is 1. The third-order valence-electron chi connectivity index (χ3n) is 3.21. The van der Waals surface area contributed by atoms with Crippen LogP contribution >= 0.6 is 0 Å². The molecule has 0 saturated heterocycles. The number of rotatable bonds is 2. The van der Waals surface area contributed by atoms with Crippen LogP contribution in [0, 0.1) is 10.1 Å². The fourth-order valence-corrected chi connectivity index (χ4v) is 2.32. The van der Waals surface area contributed by atoms with Gasteiger partial charge in [-0.2, -0.15) is 0 Å². The van der Waals surface area contributed by atoms with Gasteiger partial charge in [0.15, 0.2) is 0 Å². The van der Waals surface area contributed by atoms with E-state index in [1.807, 2.05) is 0 Å². The molecule has 0 atom stereocenters. The summed E-state index contributed by atoms with van der Waals surface area (Å²) in [5.74, 6) is -0.453. The molecule has 110 valence electrons. The van der Waals surface area contributed by atoms with Gasteiger partial charge >= 0.3 is 5.69 Å². The summed E-state index contributed by atoms with van der Waals surface area (Å²) in [5, 5.41) is 14.2. The molecule has 7 heteroatoms. The number of nitro groups is 1. The average Bonchev–Trinajstić information content (AvgIpc) is 2.46. The van der Waals surface area contributed by atoms with E-state index in [4.69, 9.17) is 4.42 Å². The molecule has 0 unspecified atom stereocenters. The summed E-state index contributed by atoms with van der Waals surface area (Å²) in [4.78, 5) is 34.3. The number of hydrogen-bond acceptors (Lipinski definition) is 5. The highest BCUT2D eigenvalue weighted by Crippen LogP contribution is 2.33. The van der Waals surface area contributed by atoms with Crippen LogP contribution in [0.25, 0.3) is 21.9 Å². The molecule has 1 aromatic heterocycles. The van der Waals surface area contributed by atoms with E-state index >= 15 is 0 Å². The van der Waals surface area contributed by atoms with Crippen LogP contribution in [0.2, 0.25) is 0 Å². The van der Waals surface area contributed by atoms with Crippen LogP contribution in [-0.2, 0) is 4.79 Å². The highest BCUT2D eigenvalue weighted by atomic mass is 16.6. The Labute approximate surface area is 123 Å². The van der Waals surface area contributed by atoms with Crippen LogP contribution < -0.4 is 10.7 Å². The minimum Gasteiger partial charge on any atom is -0.448 e. The number of hydrogen-bond donors (Lipinski definition) is 1. The third kappa shape index (κ3) is 2.08. The summed E-state index contributed by atoms with van der Waals surface area (Å²) in [6, 6.07) is 9.24. The number of benzene rings is 2. The second-order valence-electron chi connectivity index (χ2n) is 4.70. The molecule has 0 saturated carbocycles. The maximum absolute atomic E-state index is 12.4. The zero-order valence-corrected chi connectivity index (χ0v) is 11.5. The van der Waals surface area contributed by atoms with Gasteiger partial charge in [-0.25, -0.2) is 0 Å². The number of fused-ring (bicyclic) bond motifs is 2. The van der Waals surface area contributed by atoms with Crippen molar-refractivity contribution >= 4 is 39.2 Å². The van der Waals surface area contributed by atoms with E-state index in [1.54, 1.807) is 24.3 Å². The van der Waals surface area contributed by atoms with Crippen LogP contribution in [0.4, 0.5) is 11.4 Å². The molecule has 1 N–H and O–H groups in total. The van der Waals surface area contributed by atoms with Crippen molar-refractivity contribution in [3.8, 4) is 0 Å². The Hall–Kier alpha value is -3.22. The van der Waals surface area contributed by atoms with Crippen molar-refractivity contribution in [3.63, 3.8) is 0 Å². The number of nitrogens with one attached hydrogen (secondary N) is 1. The maximum Gasteiger partial charge on any atom is 0.335 e. The monoisotopic (exact) mass is 298 g/mol. The van der Waals surface area contributed by atoms with E-state index in [-0.39, 0.29) is 27.7 Å². The van der Waals surface area contributed by atoms with Gasteiger partial charge in [0, 0.05) is 6.92 Å². The van der Waals surface area contributed by atoms with E-state index in [2.05, 4.69) is 5.32 Å². The molecule has 0 radical (unpaired) electrons. The van der Waals surface area contributed by atoms with Crippen LogP contribution in [0.15, 0.2) is 45.6 Å². The van der Waals surface area contributed by atoms with Crippen molar-refractivity contribution in [1.82, 2.24) is 0 Å². The van der Waals surface area contributed by atoms with Crippen molar-refractivity contribution in [1.29, 1.82) is 0 Å². The molecule has 2 aromatic carbocycles. The van der Waals surface area contributed by atoms with E-state index in [0.717, 1.165) is 0 Å². The first-order valence-electron chi connectivity index (χ1n) is 6.39. The summed E-state index contributed by atoms with van der Waals surface area (Å²) >= 11 is 0. The SMILES string of the molecule is CC(=O)Nc1ccc2c(=O)c3ccccc3oc2c1[N+](=O)[O-]. The van der Waals surface area contributed by atoms with Gasteiger partial charge in [0.25, 0.3) is 0 Å². The van der Waals surface area contributed by atoms with Gasteiger partial charge in [-0.1, -0.05) is 12.1 Å².